The second-order valence-corrected chi connectivity index (χ2v) is 12.0. The molecular formula is C30H40FN3O4. The largest absolute Gasteiger partial charge is 0.491 e. The minimum absolute atomic E-state index is 0.0555. The van der Waals surface area contributed by atoms with E-state index >= 15 is 0 Å². The second-order valence-electron chi connectivity index (χ2n) is 12.0. The quantitative estimate of drug-likeness (QED) is 0.420. The first kappa shape index (κ1) is 26.7. The zero-order chi connectivity index (χ0) is 27.1. The number of halogens is 1. The predicted octanol–water partition coefficient (Wildman–Crippen LogP) is 5.93. The third-order valence-electron chi connectivity index (χ3n) is 8.57. The van der Waals surface area contributed by atoms with Crippen LogP contribution in [-0.4, -0.2) is 62.6 Å². The summed E-state index contributed by atoms with van der Waals surface area (Å²) in [5, 5.41) is 0. The van der Waals surface area contributed by atoms with Gasteiger partial charge in [-0.2, -0.15) is 0 Å². The van der Waals surface area contributed by atoms with Gasteiger partial charge in [-0.05, 0) is 83.6 Å². The smallest absolute Gasteiger partial charge is 0.328 e. The monoisotopic (exact) mass is 525 g/mol. The molecule has 2 saturated heterocycles. The topological polar surface area (TPSA) is 66.2 Å². The standard InChI is InChI=1S/C30H40FN3O4/c1-21(2)38-26-9-5-7-23(15-26)18-32-13-12-30(16-22(32)3)27(35)33(19-24-10-14-37-20-24)28(36)34(30)29(4)11-6-8-25(31)17-29/h5,7,9-10,14-15,20-22,25H,6,8,11-13,16-19H2,1-4H3/t22-,25?,29?,30+/m0/s1. The van der Waals surface area contributed by atoms with E-state index in [0.29, 0.717) is 38.6 Å². The van der Waals surface area contributed by atoms with E-state index in [-0.39, 0.29) is 37.0 Å². The van der Waals surface area contributed by atoms with Crippen LogP contribution in [0.2, 0.25) is 0 Å². The summed E-state index contributed by atoms with van der Waals surface area (Å²) in [7, 11) is 0. The van der Waals surface area contributed by atoms with Gasteiger partial charge in [0.05, 0.1) is 25.2 Å². The first-order valence-electron chi connectivity index (χ1n) is 13.9. The summed E-state index contributed by atoms with van der Waals surface area (Å²) in [5.41, 5.74) is 0.262. The molecule has 1 aromatic heterocycles. The number of alkyl halides is 1. The number of hydrogen-bond donors (Lipinski definition) is 0. The second kappa shape index (κ2) is 10.4. The van der Waals surface area contributed by atoms with Crippen molar-refractivity contribution >= 4 is 11.9 Å². The molecule has 8 heteroatoms. The number of amides is 3. The SMILES string of the molecule is CC(C)Oc1cccc(CN2CC[C@@]3(C[C@@H]2C)C(=O)N(Cc2ccoc2)C(=O)N3C2(C)CCCC(F)C2)c1. The van der Waals surface area contributed by atoms with Gasteiger partial charge in [-0.15, -0.1) is 0 Å². The van der Waals surface area contributed by atoms with Crippen molar-refractivity contribution in [3.8, 4) is 5.75 Å². The van der Waals surface area contributed by atoms with E-state index in [1.54, 1.807) is 23.5 Å². The van der Waals surface area contributed by atoms with Crippen LogP contribution in [-0.2, 0) is 17.9 Å². The van der Waals surface area contributed by atoms with Crippen LogP contribution in [0.3, 0.4) is 0 Å². The van der Waals surface area contributed by atoms with Gasteiger partial charge in [0.25, 0.3) is 5.91 Å². The highest BCUT2D eigenvalue weighted by Gasteiger charge is 2.63. The number of rotatable bonds is 7. The average Bonchev–Trinajstić information content (AvgIpc) is 3.42. The first-order valence-corrected chi connectivity index (χ1v) is 13.9. The molecule has 2 unspecified atom stereocenters. The van der Waals surface area contributed by atoms with Crippen LogP contribution < -0.4 is 4.74 Å². The Morgan fingerprint density at radius 3 is 2.63 bits per heavy atom. The number of piperidine rings is 1. The van der Waals surface area contributed by atoms with Crippen molar-refractivity contribution in [1.82, 2.24) is 14.7 Å². The number of furan rings is 1. The molecule has 0 N–H and O–H groups in total. The van der Waals surface area contributed by atoms with Crippen molar-refractivity contribution in [2.24, 2.45) is 0 Å². The number of likely N-dealkylation sites (tertiary alicyclic amines) is 1. The minimum atomic E-state index is -0.967. The molecule has 1 aromatic carbocycles. The molecule has 0 radical (unpaired) electrons. The molecule has 38 heavy (non-hydrogen) atoms. The van der Waals surface area contributed by atoms with Crippen LogP contribution in [0.15, 0.2) is 47.3 Å². The Labute approximate surface area is 224 Å². The van der Waals surface area contributed by atoms with Crippen molar-refractivity contribution in [3.05, 3.63) is 54.0 Å². The molecule has 206 valence electrons. The first-order chi connectivity index (χ1) is 18.1. The van der Waals surface area contributed by atoms with Crippen molar-refractivity contribution < 1.29 is 23.1 Å². The lowest BCUT2D eigenvalue weighted by atomic mass is 9.74. The van der Waals surface area contributed by atoms with E-state index < -0.39 is 17.2 Å². The Kier molecular flexibility index (Phi) is 7.29. The Morgan fingerprint density at radius 2 is 1.95 bits per heavy atom. The van der Waals surface area contributed by atoms with Crippen LogP contribution >= 0.6 is 0 Å². The van der Waals surface area contributed by atoms with E-state index in [1.165, 1.54) is 4.90 Å². The summed E-state index contributed by atoms with van der Waals surface area (Å²) >= 11 is 0. The maximum atomic E-state index is 14.7. The Morgan fingerprint density at radius 1 is 1.13 bits per heavy atom. The lowest BCUT2D eigenvalue weighted by Gasteiger charge is -2.53. The summed E-state index contributed by atoms with van der Waals surface area (Å²) in [4.78, 5) is 33.7. The van der Waals surface area contributed by atoms with Gasteiger partial charge in [-0.25, -0.2) is 9.18 Å². The van der Waals surface area contributed by atoms with E-state index in [1.807, 2.05) is 32.9 Å². The van der Waals surface area contributed by atoms with E-state index in [9.17, 15) is 14.0 Å². The van der Waals surface area contributed by atoms with Gasteiger partial charge in [0.15, 0.2) is 0 Å². The van der Waals surface area contributed by atoms with Crippen LogP contribution in [0.1, 0.15) is 77.3 Å². The maximum Gasteiger partial charge on any atom is 0.328 e. The highest BCUT2D eigenvalue weighted by molar-refractivity contribution is 6.07. The zero-order valence-electron chi connectivity index (χ0n) is 23.0. The normalized spacial score (nSPS) is 30.6. The van der Waals surface area contributed by atoms with Gasteiger partial charge in [0.1, 0.15) is 17.5 Å². The van der Waals surface area contributed by atoms with Gasteiger partial charge in [0.2, 0.25) is 0 Å². The van der Waals surface area contributed by atoms with Gasteiger partial charge in [-0.1, -0.05) is 12.1 Å². The lowest BCUT2D eigenvalue weighted by molar-refractivity contribution is -0.140. The summed E-state index contributed by atoms with van der Waals surface area (Å²) in [6.45, 7) is 9.70. The third-order valence-corrected chi connectivity index (χ3v) is 8.57. The highest BCUT2D eigenvalue weighted by Crippen LogP contribution is 2.48. The van der Waals surface area contributed by atoms with Crippen LogP contribution in [0.25, 0.3) is 0 Å². The summed E-state index contributed by atoms with van der Waals surface area (Å²) in [5.74, 6) is 0.687. The number of hydrogen-bond acceptors (Lipinski definition) is 5. The number of carbonyl (C=O) groups excluding carboxylic acids is 2. The van der Waals surface area contributed by atoms with Crippen molar-refractivity contribution in [3.63, 3.8) is 0 Å². The molecule has 3 heterocycles. The molecule has 5 rings (SSSR count). The predicted molar refractivity (Wildman–Crippen MR) is 142 cm³/mol. The molecule has 1 saturated carbocycles. The van der Waals surface area contributed by atoms with Crippen molar-refractivity contribution in [2.75, 3.05) is 6.54 Å². The molecule has 3 aliphatic rings. The highest BCUT2D eigenvalue weighted by atomic mass is 19.1. The molecule has 0 bridgehead atoms. The lowest BCUT2D eigenvalue weighted by Crippen LogP contribution is -2.65. The minimum Gasteiger partial charge on any atom is -0.491 e. The number of urea groups is 1. The molecule has 2 aliphatic heterocycles. The fourth-order valence-corrected chi connectivity index (χ4v) is 6.90. The summed E-state index contributed by atoms with van der Waals surface area (Å²) in [6.07, 6.45) is 5.50. The number of carbonyl (C=O) groups is 2. The number of imide groups is 1. The third kappa shape index (κ3) is 4.95. The Hall–Kier alpha value is -2.87. The van der Waals surface area contributed by atoms with Gasteiger partial charge in [-0.3, -0.25) is 14.6 Å². The molecule has 1 aliphatic carbocycles. The van der Waals surface area contributed by atoms with Gasteiger partial charge >= 0.3 is 6.03 Å². The van der Waals surface area contributed by atoms with Crippen molar-refractivity contribution in [1.29, 1.82) is 0 Å². The summed E-state index contributed by atoms with van der Waals surface area (Å²) in [6, 6.07) is 9.68. The molecule has 7 nitrogen and oxygen atoms in total. The van der Waals surface area contributed by atoms with Crippen LogP contribution in [0, 0.1) is 0 Å². The van der Waals surface area contributed by atoms with Gasteiger partial charge in [0, 0.05) is 36.7 Å². The molecular weight excluding hydrogens is 485 g/mol. The molecule has 3 fully saturated rings. The fraction of sp³-hybridized carbons (Fsp3) is 0.600. The fourth-order valence-electron chi connectivity index (χ4n) is 6.90. The number of ether oxygens (including phenoxy) is 1. The molecule has 1 spiro atoms. The Bertz CT molecular complexity index is 1150. The maximum absolute atomic E-state index is 14.7. The molecule has 3 amide bonds. The Balaban J connectivity index is 1.41. The molecule has 2 aromatic rings. The average molecular weight is 526 g/mol. The molecule has 4 atom stereocenters. The summed E-state index contributed by atoms with van der Waals surface area (Å²) < 4.78 is 25.8. The number of benzene rings is 1. The van der Waals surface area contributed by atoms with Crippen LogP contribution in [0.5, 0.6) is 5.75 Å². The van der Waals surface area contributed by atoms with E-state index in [4.69, 9.17) is 9.15 Å². The van der Waals surface area contributed by atoms with Gasteiger partial charge < -0.3 is 14.1 Å². The van der Waals surface area contributed by atoms with E-state index in [0.717, 1.165) is 23.4 Å². The van der Waals surface area contributed by atoms with Crippen LogP contribution in [0.4, 0.5) is 9.18 Å². The van der Waals surface area contributed by atoms with E-state index in [2.05, 4.69) is 24.0 Å². The number of nitrogens with zero attached hydrogens (tertiary/aromatic N) is 3. The zero-order valence-corrected chi connectivity index (χ0v) is 23.0. The van der Waals surface area contributed by atoms with Crippen molar-refractivity contribution in [2.45, 2.75) is 109 Å².